The third kappa shape index (κ3) is 2.94. The Hall–Kier alpha value is -1.26. The molecule has 0 radical (unpaired) electrons. The maximum absolute atomic E-state index is 13.0. The Bertz CT molecular complexity index is 555. The second-order valence-electron chi connectivity index (χ2n) is 3.67. The maximum Gasteiger partial charge on any atom is 0.159 e. The van der Waals surface area contributed by atoms with Gasteiger partial charge in [-0.3, -0.25) is 0 Å². The SMILES string of the molecule is Nc1cccc(Cl)c1CSc1ccc(F)c(F)c1. The van der Waals surface area contributed by atoms with Crippen LogP contribution in [0.1, 0.15) is 5.56 Å². The monoisotopic (exact) mass is 285 g/mol. The van der Waals surface area contributed by atoms with Crippen molar-refractivity contribution in [3.05, 3.63) is 58.6 Å². The molecule has 0 amide bonds. The highest BCUT2D eigenvalue weighted by atomic mass is 35.5. The van der Waals surface area contributed by atoms with Crippen LogP contribution in [0.5, 0.6) is 0 Å². The molecule has 0 fully saturated rings. The predicted octanol–water partition coefficient (Wildman–Crippen LogP) is 4.49. The van der Waals surface area contributed by atoms with Gasteiger partial charge >= 0.3 is 0 Å². The molecule has 0 atom stereocenters. The van der Waals surface area contributed by atoms with Gasteiger partial charge in [-0.2, -0.15) is 0 Å². The topological polar surface area (TPSA) is 26.0 Å². The van der Waals surface area contributed by atoms with Crippen molar-refractivity contribution in [2.45, 2.75) is 10.6 Å². The van der Waals surface area contributed by atoms with Crippen molar-refractivity contribution in [3.63, 3.8) is 0 Å². The molecule has 18 heavy (non-hydrogen) atoms. The summed E-state index contributed by atoms with van der Waals surface area (Å²) in [6.45, 7) is 0. The van der Waals surface area contributed by atoms with E-state index in [1.54, 1.807) is 18.2 Å². The largest absolute Gasteiger partial charge is 0.398 e. The summed E-state index contributed by atoms with van der Waals surface area (Å²) in [4.78, 5) is 0.633. The average Bonchev–Trinajstić information content (AvgIpc) is 2.33. The summed E-state index contributed by atoms with van der Waals surface area (Å²) in [6, 6.07) is 9.06. The molecule has 0 unspecified atom stereocenters. The number of hydrogen-bond acceptors (Lipinski definition) is 2. The normalized spacial score (nSPS) is 10.6. The van der Waals surface area contributed by atoms with Gasteiger partial charge in [-0.1, -0.05) is 17.7 Å². The van der Waals surface area contributed by atoms with Gasteiger partial charge in [-0.15, -0.1) is 11.8 Å². The zero-order valence-electron chi connectivity index (χ0n) is 9.29. The highest BCUT2D eigenvalue weighted by Gasteiger charge is 2.07. The lowest BCUT2D eigenvalue weighted by Crippen LogP contribution is -1.93. The zero-order chi connectivity index (χ0) is 13.1. The molecule has 0 heterocycles. The fraction of sp³-hybridized carbons (Fsp3) is 0.0769. The van der Waals surface area contributed by atoms with E-state index in [2.05, 4.69) is 0 Å². The number of nitrogen functional groups attached to an aromatic ring is 1. The molecular formula is C13H10ClF2NS. The summed E-state index contributed by atoms with van der Waals surface area (Å²) in [7, 11) is 0. The number of nitrogens with two attached hydrogens (primary N) is 1. The minimum atomic E-state index is -0.855. The van der Waals surface area contributed by atoms with Gasteiger partial charge in [0.25, 0.3) is 0 Å². The van der Waals surface area contributed by atoms with Crippen LogP contribution in [0.2, 0.25) is 5.02 Å². The van der Waals surface area contributed by atoms with E-state index in [0.717, 1.165) is 17.7 Å². The summed E-state index contributed by atoms with van der Waals surface area (Å²) in [6.07, 6.45) is 0. The average molecular weight is 286 g/mol. The van der Waals surface area contributed by atoms with Crippen molar-refractivity contribution < 1.29 is 8.78 Å². The third-order valence-electron chi connectivity index (χ3n) is 2.43. The second kappa shape index (κ2) is 5.59. The first-order valence-electron chi connectivity index (χ1n) is 5.18. The summed E-state index contributed by atoms with van der Waals surface area (Å²) in [5.74, 6) is -1.19. The maximum atomic E-state index is 13.0. The summed E-state index contributed by atoms with van der Waals surface area (Å²) < 4.78 is 25.8. The van der Waals surface area contributed by atoms with Crippen LogP contribution in [0.3, 0.4) is 0 Å². The van der Waals surface area contributed by atoms with Crippen molar-refractivity contribution in [2.75, 3.05) is 5.73 Å². The van der Waals surface area contributed by atoms with Gasteiger partial charge in [-0.25, -0.2) is 8.78 Å². The van der Waals surface area contributed by atoms with Gasteiger partial charge in [0, 0.05) is 26.9 Å². The molecule has 1 nitrogen and oxygen atoms in total. The Morgan fingerprint density at radius 2 is 1.89 bits per heavy atom. The van der Waals surface area contributed by atoms with Gasteiger partial charge < -0.3 is 5.73 Å². The van der Waals surface area contributed by atoms with Crippen LogP contribution in [0.25, 0.3) is 0 Å². The molecule has 2 N–H and O–H groups in total. The second-order valence-corrected chi connectivity index (χ2v) is 5.13. The van der Waals surface area contributed by atoms with Gasteiger partial charge in [0.05, 0.1) is 0 Å². The Kier molecular flexibility index (Phi) is 4.09. The number of rotatable bonds is 3. The van der Waals surface area contributed by atoms with Crippen LogP contribution in [0, 0.1) is 11.6 Å². The molecule has 0 aliphatic rings. The molecular weight excluding hydrogens is 276 g/mol. The molecule has 0 aliphatic carbocycles. The van der Waals surface area contributed by atoms with E-state index < -0.39 is 11.6 Å². The highest BCUT2D eigenvalue weighted by molar-refractivity contribution is 7.98. The summed E-state index contributed by atoms with van der Waals surface area (Å²) in [5.41, 5.74) is 7.20. The standard InChI is InChI=1S/C13H10ClF2NS/c14-10-2-1-3-13(17)9(10)7-18-8-4-5-11(15)12(16)6-8/h1-6H,7,17H2. The number of benzene rings is 2. The molecule has 0 saturated heterocycles. The third-order valence-corrected chi connectivity index (χ3v) is 3.80. The molecule has 0 bridgehead atoms. The van der Waals surface area contributed by atoms with Crippen LogP contribution in [-0.4, -0.2) is 0 Å². The Labute approximate surface area is 113 Å². The highest BCUT2D eigenvalue weighted by Crippen LogP contribution is 2.30. The lowest BCUT2D eigenvalue weighted by Gasteiger charge is -2.07. The fourth-order valence-electron chi connectivity index (χ4n) is 1.45. The first-order chi connectivity index (χ1) is 8.58. The van der Waals surface area contributed by atoms with E-state index in [0.29, 0.717) is 21.4 Å². The molecule has 2 aromatic rings. The molecule has 94 valence electrons. The van der Waals surface area contributed by atoms with Crippen molar-refractivity contribution in [2.24, 2.45) is 0 Å². The first kappa shape index (κ1) is 13.2. The minimum absolute atomic E-state index is 0.510. The predicted molar refractivity (Wildman–Crippen MR) is 71.8 cm³/mol. The van der Waals surface area contributed by atoms with E-state index in [9.17, 15) is 8.78 Å². The van der Waals surface area contributed by atoms with E-state index >= 15 is 0 Å². The Morgan fingerprint density at radius 3 is 2.56 bits per heavy atom. The Balaban J connectivity index is 2.14. The van der Waals surface area contributed by atoms with Crippen molar-refractivity contribution in [1.82, 2.24) is 0 Å². The smallest absolute Gasteiger partial charge is 0.159 e. The van der Waals surface area contributed by atoms with Gasteiger partial charge in [0.2, 0.25) is 0 Å². The van der Waals surface area contributed by atoms with E-state index in [4.69, 9.17) is 17.3 Å². The van der Waals surface area contributed by atoms with Crippen LogP contribution >= 0.6 is 23.4 Å². The van der Waals surface area contributed by atoms with E-state index in [-0.39, 0.29) is 0 Å². The fourth-order valence-corrected chi connectivity index (χ4v) is 2.76. The van der Waals surface area contributed by atoms with Gasteiger partial charge in [-0.05, 0) is 30.3 Å². The van der Waals surface area contributed by atoms with Crippen LogP contribution in [0.4, 0.5) is 14.5 Å². The number of thioether (sulfide) groups is 1. The van der Waals surface area contributed by atoms with Gasteiger partial charge in [0.15, 0.2) is 11.6 Å². The summed E-state index contributed by atoms with van der Waals surface area (Å²) >= 11 is 7.38. The van der Waals surface area contributed by atoms with Crippen molar-refractivity contribution >= 4 is 29.1 Å². The van der Waals surface area contributed by atoms with Crippen LogP contribution in [0.15, 0.2) is 41.3 Å². The van der Waals surface area contributed by atoms with Crippen molar-refractivity contribution in [3.8, 4) is 0 Å². The lowest BCUT2D eigenvalue weighted by atomic mass is 10.2. The zero-order valence-corrected chi connectivity index (χ0v) is 10.9. The first-order valence-corrected chi connectivity index (χ1v) is 6.55. The minimum Gasteiger partial charge on any atom is -0.398 e. The molecule has 5 heteroatoms. The quantitative estimate of drug-likeness (QED) is 0.664. The van der Waals surface area contributed by atoms with Crippen LogP contribution in [-0.2, 0) is 5.75 Å². The van der Waals surface area contributed by atoms with Gasteiger partial charge in [0.1, 0.15) is 0 Å². The lowest BCUT2D eigenvalue weighted by molar-refractivity contribution is 0.506. The van der Waals surface area contributed by atoms with E-state index in [1.807, 2.05) is 0 Å². The molecule has 0 aromatic heterocycles. The van der Waals surface area contributed by atoms with E-state index in [1.165, 1.54) is 17.8 Å². The number of halogens is 3. The molecule has 0 spiro atoms. The Morgan fingerprint density at radius 1 is 1.11 bits per heavy atom. The molecule has 2 aromatic carbocycles. The number of anilines is 1. The molecule has 0 saturated carbocycles. The number of hydrogen-bond donors (Lipinski definition) is 1. The van der Waals surface area contributed by atoms with Crippen LogP contribution < -0.4 is 5.73 Å². The van der Waals surface area contributed by atoms with Crippen molar-refractivity contribution in [1.29, 1.82) is 0 Å². The molecule has 0 aliphatic heterocycles. The summed E-state index contributed by atoms with van der Waals surface area (Å²) in [5, 5.41) is 0.574. The molecule has 2 rings (SSSR count).